The van der Waals surface area contributed by atoms with Crippen molar-refractivity contribution in [1.29, 1.82) is 0 Å². The van der Waals surface area contributed by atoms with E-state index in [0.717, 1.165) is 17.7 Å². The zero-order chi connectivity index (χ0) is 12.3. The van der Waals surface area contributed by atoms with E-state index in [1.807, 2.05) is 31.3 Å². The van der Waals surface area contributed by atoms with Gasteiger partial charge in [-0.2, -0.15) is 0 Å². The van der Waals surface area contributed by atoms with E-state index in [1.165, 1.54) is 12.8 Å². The fraction of sp³-hybridized carbons (Fsp3) is 0.538. The third kappa shape index (κ3) is 2.90. The quantitative estimate of drug-likeness (QED) is 0.916. The normalized spacial score (nSPS) is 26.7. The van der Waals surface area contributed by atoms with Gasteiger partial charge in [0.2, 0.25) is 0 Å². The Balaban J connectivity index is 2.21. The molecule has 1 N–H and O–H groups in total. The highest BCUT2D eigenvalue weighted by molar-refractivity contribution is 7.85. The van der Waals surface area contributed by atoms with Crippen LogP contribution in [0, 0.1) is 0 Å². The molecule has 0 bridgehead atoms. The monoisotopic (exact) mass is 271 g/mol. The van der Waals surface area contributed by atoms with Crippen molar-refractivity contribution in [2.75, 3.05) is 7.05 Å². The minimum absolute atomic E-state index is 0.189. The summed E-state index contributed by atoms with van der Waals surface area (Å²) in [6.07, 6.45) is 4.52. The highest BCUT2D eigenvalue weighted by Gasteiger charge is 2.30. The maximum atomic E-state index is 12.6. The molecule has 94 valence electrons. The van der Waals surface area contributed by atoms with Crippen LogP contribution in [0.5, 0.6) is 0 Å². The minimum atomic E-state index is -1.01. The third-order valence-corrected chi connectivity index (χ3v) is 5.75. The van der Waals surface area contributed by atoms with Crippen molar-refractivity contribution in [2.24, 2.45) is 0 Å². The van der Waals surface area contributed by atoms with Gasteiger partial charge in [-0.15, -0.1) is 0 Å². The van der Waals surface area contributed by atoms with E-state index in [1.54, 1.807) is 0 Å². The molecule has 17 heavy (non-hydrogen) atoms. The van der Waals surface area contributed by atoms with Gasteiger partial charge in [-0.3, -0.25) is 4.21 Å². The molecule has 3 atom stereocenters. The van der Waals surface area contributed by atoms with E-state index in [-0.39, 0.29) is 5.25 Å². The van der Waals surface area contributed by atoms with Crippen molar-refractivity contribution in [3.05, 3.63) is 29.3 Å². The predicted octanol–water partition coefficient (Wildman–Crippen LogP) is 2.98. The third-order valence-electron chi connectivity index (χ3n) is 3.40. The van der Waals surface area contributed by atoms with Crippen molar-refractivity contribution in [3.8, 4) is 0 Å². The van der Waals surface area contributed by atoms with Gasteiger partial charge in [-0.1, -0.05) is 36.6 Å². The molecule has 1 aromatic carbocycles. The van der Waals surface area contributed by atoms with Crippen LogP contribution in [0.4, 0.5) is 0 Å². The molecule has 0 amide bonds. The first-order chi connectivity index (χ1) is 8.24. The second-order valence-corrected chi connectivity index (χ2v) is 6.49. The topological polar surface area (TPSA) is 29.1 Å². The molecule has 0 aromatic heterocycles. The van der Waals surface area contributed by atoms with E-state index in [4.69, 9.17) is 11.6 Å². The molecule has 0 heterocycles. The zero-order valence-electron chi connectivity index (χ0n) is 9.99. The van der Waals surface area contributed by atoms with Crippen LogP contribution in [0.25, 0.3) is 0 Å². The van der Waals surface area contributed by atoms with Crippen LogP contribution in [0.1, 0.15) is 25.7 Å². The highest BCUT2D eigenvalue weighted by Crippen LogP contribution is 2.29. The van der Waals surface area contributed by atoms with E-state index in [2.05, 4.69) is 5.32 Å². The van der Waals surface area contributed by atoms with Crippen LogP contribution in [-0.2, 0) is 10.8 Å². The molecular weight excluding hydrogens is 254 g/mol. The van der Waals surface area contributed by atoms with Gasteiger partial charge in [0.15, 0.2) is 0 Å². The predicted molar refractivity (Wildman–Crippen MR) is 73.0 cm³/mol. The fourth-order valence-electron chi connectivity index (χ4n) is 2.45. The molecule has 0 spiro atoms. The second kappa shape index (κ2) is 5.98. The van der Waals surface area contributed by atoms with Crippen molar-refractivity contribution in [3.63, 3.8) is 0 Å². The SMILES string of the molecule is CNC1CCCCC1S(=O)c1ccccc1Cl. The second-order valence-electron chi connectivity index (χ2n) is 4.45. The molecular formula is C13H18ClNOS. The van der Waals surface area contributed by atoms with E-state index >= 15 is 0 Å². The molecule has 1 aliphatic carbocycles. The Hall–Kier alpha value is -0.380. The van der Waals surface area contributed by atoms with Gasteiger partial charge in [0.05, 0.1) is 26.0 Å². The largest absolute Gasteiger partial charge is 0.316 e. The number of benzene rings is 1. The Morgan fingerprint density at radius 2 is 2.00 bits per heavy atom. The molecule has 1 fully saturated rings. The summed E-state index contributed by atoms with van der Waals surface area (Å²) in [4.78, 5) is 0.779. The van der Waals surface area contributed by atoms with E-state index in [0.29, 0.717) is 11.1 Å². The lowest BCUT2D eigenvalue weighted by atomic mass is 9.95. The lowest BCUT2D eigenvalue weighted by Gasteiger charge is -2.30. The maximum Gasteiger partial charge on any atom is 0.0591 e. The van der Waals surface area contributed by atoms with Crippen molar-refractivity contribution >= 4 is 22.4 Å². The van der Waals surface area contributed by atoms with Gasteiger partial charge in [0, 0.05) is 6.04 Å². The summed E-state index contributed by atoms with van der Waals surface area (Å²) < 4.78 is 12.6. The first kappa shape index (κ1) is 13.1. The van der Waals surface area contributed by atoms with Crippen LogP contribution in [0.2, 0.25) is 5.02 Å². The molecule has 0 aliphatic heterocycles. The van der Waals surface area contributed by atoms with Gasteiger partial charge in [0.1, 0.15) is 0 Å². The maximum absolute atomic E-state index is 12.6. The molecule has 4 heteroatoms. The van der Waals surface area contributed by atoms with Crippen LogP contribution in [0.3, 0.4) is 0 Å². The average Bonchev–Trinajstić information content (AvgIpc) is 2.38. The Morgan fingerprint density at radius 1 is 1.29 bits per heavy atom. The Labute approximate surface area is 110 Å². The summed E-state index contributed by atoms with van der Waals surface area (Å²) in [6, 6.07) is 7.81. The molecule has 1 saturated carbocycles. The molecule has 0 saturated heterocycles. The Kier molecular flexibility index (Phi) is 4.60. The number of hydrogen-bond donors (Lipinski definition) is 1. The van der Waals surface area contributed by atoms with Gasteiger partial charge in [0.25, 0.3) is 0 Å². The molecule has 1 aromatic rings. The zero-order valence-corrected chi connectivity index (χ0v) is 11.6. The first-order valence-corrected chi connectivity index (χ1v) is 7.65. The lowest BCUT2D eigenvalue weighted by molar-refractivity contribution is 0.399. The molecule has 3 unspecified atom stereocenters. The van der Waals surface area contributed by atoms with E-state index in [9.17, 15) is 4.21 Å². The first-order valence-electron chi connectivity index (χ1n) is 6.06. The van der Waals surface area contributed by atoms with Crippen molar-refractivity contribution < 1.29 is 4.21 Å². The fourth-order valence-corrected chi connectivity index (χ4v) is 4.57. The number of nitrogens with one attached hydrogen (secondary N) is 1. The number of halogens is 1. The van der Waals surface area contributed by atoms with Crippen LogP contribution < -0.4 is 5.32 Å². The summed E-state index contributed by atoms with van der Waals surface area (Å²) in [6.45, 7) is 0. The standard InChI is InChI=1S/C13H18ClNOS/c1-15-11-7-3-5-9-13(11)17(16)12-8-4-2-6-10(12)14/h2,4,6,8,11,13,15H,3,5,7,9H2,1H3. The Bertz CT molecular complexity index is 410. The number of hydrogen-bond acceptors (Lipinski definition) is 2. The van der Waals surface area contributed by atoms with Gasteiger partial charge in [-0.25, -0.2) is 0 Å². The summed E-state index contributed by atoms with van der Waals surface area (Å²) in [5.41, 5.74) is 0. The van der Waals surface area contributed by atoms with Crippen molar-refractivity contribution in [1.82, 2.24) is 5.32 Å². The number of rotatable bonds is 3. The Morgan fingerprint density at radius 3 is 2.71 bits per heavy atom. The van der Waals surface area contributed by atoms with Crippen LogP contribution in [0.15, 0.2) is 29.2 Å². The molecule has 2 nitrogen and oxygen atoms in total. The van der Waals surface area contributed by atoms with E-state index < -0.39 is 10.8 Å². The van der Waals surface area contributed by atoms with Crippen molar-refractivity contribution in [2.45, 2.75) is 41.9 Å². The minimum Gasteiger partial charge on any atom is -0.316 e. The molecule has 2 rings (SSSR count). The lowest BCUT2D eigenvalue weighted by Crippen LogP contribution is -2.42. The highest BCUT2D eigenvalue weighted by atomic mass is 35.5. The van der Waals surface area contributed by atoms with Gasteiger partial charge < -0.3 is 5.32 Å². The van der Waals surface area contributed by atoms with Gasteiger partial charge in [-0.05, 0) is 32.0 Å². The summed E-state index contributed by atoms with van der Waals surface area (Å²) in [5.74, 6) is 0. The van der Waals surface area contributed by atoms with Crippen LogP contribution in [-0.4, -0.2) is 22.5 Å². The molecule has 0 radical (unpaired) electrons. The molecule has 1 aliphatic rings. The summed E-state index contributed by atoms with van der Waals surface area (Å²) >= 11 is 6.12. The summed E-state index contributed by atoms with van der Waals surface area (Å²) in [7, 11) is 0.945. The average molecular weight is 272 g/mol. The summed E-state index contributed by atoms with van der Waals surface area (Å²) in [5, 5.41) is 4.09. The van der Waals surface area contributed by atoms with Crippen LogP contribution >= 0.6 is 11.6 Å². The smallest absolute Gasteiger partial charge is 0.0591 e. The van der Waals surface area contributed by atoms with Gasteiger partial charge >= 0.3 is 0 Å².